The molecular formula is C9H7N7O2S. The summed E-state index contributed by atoms with van der Waals surface area (Å²) in [6.45, 7) is 0. The first-order chi connectivity index (χ1) is 9.15. The maximum atomic E-state index is 10.9. The average Bonchev–Trinajstić information content (AvgIpc) is 2.97. The van der Waals surface area contributed by atoms with Crippen LogP contribution in [0.3, 0.4) is 0 Å². The third kappa shape index (κ3) is 2.01. The quantitative estimate of drug-likeness (QED) is 0.519. The van der Waals surface area contributed by atoms with E-state index in [-0.39, 0.29) is 5.82 Å². The molecule has 0 amide bonds. The number of aryl methyl sites for hydroxylation is 1. The Kier molecular flexibility index (Phi) is 2.63. The number of nitrogens with zero attached hydrogens (tertiary/aromatic N) is 7. The molecule has 1 aromatic rings. The Morgan fingerprint density at radius 1 is 1.26 bits per heavy atom. The average molecular weight is 277 g/mol. The smallest absolute Gasteiger partial charge is 0.358 e. The lowest BCUT2D eigenvalue weighted by Crippen LogP contribution is -1.99. The largest absolute Gasteiger partial charge is 0.397 e. The van der Waals surface area contributed by atoms with Crippen LogP contribution in [0, 0.1) is 10.1 Å². The van der Waals surface area contributed by atoms with Gasteiger partial charge >= 0.3 is 5.82 Å². The van der Waals surface area contributed by atoms with E-state index in [2.05, 4.69) is 19.9 Å². The summed E-state index contributed by atoms with van der Waals surface area (Å²) < 4.78 is 3.21. The van der Waals surface area contributed by atoms with Crippen molar-refractivity contribution in [3.63, 3.8) is 0 Å². The van der Waals surface area contributed by atoms with E-state index in [1.807, 2.05) is 0 Å². The lowest BCUT2D eigenvalue weighted by atomic mass is 10.4. The van der Waals surface area contributed by atoms with Gasteiger partial charge in [0, 0.05) is 25.2 Å². The van der Waals surface area contributed by atoms with Gasteiger partial charge in [0.15, 0.2) is 10.9 Å². The molecule has 0 bridgehead atoms. The normalized spacial score (nSPS) is 11.0. The SMILES string of the molecule is Cn1cnc([N+](=O)[O-])c1Sn1cnc2ncnc-2c1. The highest BCUT2D eigenvalue weighted by Crippen LogP contribution is 2.29. The van der Waals surface area contributed by atoms with Crippen molar-refractivity contribution in [3.8, 4) is 11.5 Å². The second-order valence-corrected chi connectivity index (χ2v) is 4.64. The Morgan fingerprint density at radius 2 is 2.11 bits per heavy atom. The van der Waals surface area contributed by atoms with Crippen molar-refractivity contribution < 1.29 is 4.92 Å². The van der Waals surface area contributed by atoms with Crippen LogP contribution in [0.15, 0.2) is 30.2 Å². The van der Waals surface area contributed by atoms with Gasteiger partial charge in [-0.3, -0.25) is 3.97 Å². The Morgan fingerprint density at radius 3 is 2.89 bits per heavy atom. The number of aromatic nitrogens is 6. The molecule has 19 heavy (non-hydrogen) atoms. The Balaban J connectivity index is 1.99. The lowest BCUT2D eigenvalue weighted by molar-refractivity contribution is -0.392. The molecule has 0 radical (unpaired) electrons. The summed E-state index contributed by atoms with van der Waals surface area (Å²) in [6, 6.07) is 0. The zero-order valence-corrected chi connectivity index (χ0v) is 10.5. The van der Waals surface area contributed by atoms with Crippen molar-refractivity contribution >= 4 is 17.8 Å². The number of hydrogen-bond acceptors (Lipinski definition) is 7. The maximum absolute atomic E-state index is 10.9. The van der Waals surface area contributed by atoms with E-state index in [0.29, 0.717) is 16.5 Å². The van der Waals surface area contributed by atoms with E-state index in [1.54, 1.807) is 21.8 Å². The van der Waals surface area contributed by atoms with E-state index in [1.165, 1.54) is 19.0 Å². The summed E-state index contributed by atoms with van der Waals surface area (Å²) in [4.78, 5) is 26.2. The van der Waals surface area contributed by atoms with E-state index < -0.39 is 4.92 Å². The van der Waals surface area contributed by atoms with E-state index in [4.69, 9.17) is 0 Å². The van der Waals surface area contributed by atoms with Crippen LogP contribution >= 0.6 is 11.9 Å². The molecule has 3 heterocycles. The summed E-state index contributed by atoms with van der Waals surface area (Å²) in [7, 11) is 1.69. The van der Waals surface area contributed by atoms with Crippen molar-refractivity contribution in [2.45, 2.75) is 5.03 Å². The number of rotatable bonds is 3. The highest BCUT2D eigenvalue weighted by Gasteiger charge is 2.21. The summed E-state index contributed by atoms with van der Waals surface area (Å²) in [6.07, 6.45) is 6.05. The lowest BCUT2D eigenvalue weighted by Gasteiger charge is -2.05. The Bertz CT molecular complexity index is 721. The molecule has 1 aromatic heterocycles. The van der Waals surface area contributed by atoms with Gasteiger partial charge in [-0.25, -0.2) is 15.0 Å². The Hall–Kier alpha value is -2.49. The predicted octanol–water partition coefficient (Wildman–Crippen LogP) is 0.975. The minimum absolute atomic E-state index is 0.186. The first kappa shape index (κ1) is 11.6. The molecule has 0 fully saturated rings. The van der Waals surface area contributed by atoms with Crippen molar-refractivity contribution in [2.75, 3.05) is 0 Å². The van der Waals surface area contributed by atoms with Crippen LogP contribution in [0.2, 0.25) is 0 Å². The van der Waals surface area contributed by atoms with Crippen LogP contribution in [0.1, 0.15) is 0 Å². The minimum atomic E-state index is -0.517. The molecule has 10 heteroatoms. The predicted molar refractivity (Wildman–Crippen MR) is 65.6 cm³/mol. The van der Waals surface area contributed by atoms with Crippen molar-refractivity contribution in [1.29, 1.82) is 0 Å². The molecule has 0 saturated heterocycles. The number of imidazole rings is 2. The second-order valence-electron chi connectivity index (χ2n) is 3.65. The van der Waals surface area contributed by atoms with Crippen molar-refractivity contribution in [2.24, 2.45) is 7.05 Å². The molecule has 0 aromatic carbocycles. The van der Waals surface area contributed by atoms with Gasteiger partial charge in [0.25, 0.3) is 0 Å². The molecule has 0 atom stereocenters. The van der Waals surface area contributed by atoms with Crippen LogP contribution in [0.4, 0.5) is 5.82 Å². The summed E-state index contributed by atoms with van der Waals surface area (Å²) in [5.41, 5.74) is 0.625. The summed E-state index contributed by atoms with van der Waals surface area (Å²) in [5, 5.41) is 11.3. The topological polar surface area (TPSA) is 105 Å². The van der Waals surface area contributed by atoms with Crippen LogP contribution in [0.5, 0.6) is 0 Å². The number of hydrogen-bond donors (Lipinski definition) is 0. The standard InChI is InChI=1S/C9H7N7O2S/c1-14-4-13-8(16(17)18)9(14)19-15-2-6-7(12-5-15)11-3-10-6/h2-5H,1H3. The molecule has 0 N–H and O–H groups in total. The molecule has 2 aliphatic heterocycles. The van der Waals surface area contributed by atoms with E-state index in [0.717, 1.165) is 11.9 Å². The van der Waals surface area contributed by atoms with Gasteiger partial charge < -0.3 is 14.7 Å². The highest BCUT2D eigenvalue weighted by molar-refractivity contribution is 7.97. The van der Waals surface area contributed by atoms with Crippen LogP contribution in [-0.2, 0) is 7.05 Å². The first-order valence-corrected chi connectivity index (χ1v) is 5.91. The minimum Gasteiger partial charge on any atom is -0.358 e. The first-order valence-electron chi connectivity index (χ1n) is 5.14. The monoisotopic (exact) mass is 277 g/mol. The fourth-order valence-electron chi connectivity index (χ4n) is 1.51. The molecule has 96 valence electrons. The van der Waals surface area contributed by atoms with Gasteiger partial charge in [-0.15, -0.1) is 0 Å². The van der Waals surface area contributed by atoms with Gasteiger partial charge in [-0.1, -0.05) is 0 Å². The zero-order chi connectivity index (χ0) is 13.4. The van der Waals surface area contributed by atoms with E-state index >= 15 is 0 Å². The zero-order valence-electron chi connectivity index (χ0n) is 9.66. The third-order valence-electron chi connectivity index (χ3n) is 2.38. The highest BCUT2D eigenvalue weighted by atomic mass is 32.2. The molecule has 3 rings (SSSR count). The van der Waals surface area contributed by atoms with Gasteiger partial charge in [0.2, 0.25) is 6.33 Å². The molecular weight excluding hydrogens is 270 g/mol. The molecule has 0 unspecified atom stereocenters. The van der Waals surface area contributed by atoms with Gasteiger partial charge in [0.05, 0.1) is 0 Å². The fourth-order valence-corrected chi connectivity index (χ4v) is 2.34. The maximum Gasteiger partial charge on any atom is 0.397 e. The number of nitro groups is 1. The van der Waals surface area contributed by atoms with Crippen LogP contribution < -0.4 is 0 Å². The second kappa shape index (κ2) is 4.31. The molecule has 0 spiro atoms. The van der Waals surface area contributed by atoms with Gasteiger partial charge in [-0.05, 0) is 9.91 Å². The van der Waals surface area contributed by atoms with Gasteiger partial charge in [-0.2, -0.15) is 0 Å². The van der Waals surface area contributed by atoms with Crippen molar-refractivity contribution in [1.82, 2.24) is 28.5 Å². The van der Waals surface area contributed by atoms with Crippen LogP contribution in [0.25, 0.3) is 11.5 Å². The Labute approximate surface area is 111 Å². The molecule has 0 saturated carbocycles. The van der Waals surface area contributed by atoms with Gasteiger partial charge in [0.1, 0.15) is 18.3 Å². The van der Waals surface area contributed by atoms with E-state index in [9.17, 15) is 10.1 Å². The van der Waals surface area contributed by atoms with Crippen LogP contribution in [-0.4, -0.2) is 33.4 Å². The number of fused-ring (bicyclic) bond motifs is 1. The third-order valence-corrected chi connectivity index (χ3v) is 3.43. The van der Waals surface area contributed by atoms with Crippen molar-refractivity contribution in [3.05, 3.63) is 35.3 Å². The molecule has 2 aliphatic rings. The summed E-state index contributed by atoms with van der Waals surface area (Å²) >= 11 is 1.14. The fraction of sp³-hybridized carbons (Fsp3) is 0.111. The molecule has 0 aliphatic carbocycles. The summed E-state index contributed by atoms with van der Waals surface area (Å²) in [5.74, 6) is 0.352. The molecule has 9 nitrogen and oxygen atoms in total.